The molecule has 0 unspecified atom stereocenters. The van der Waals surface area contributed by atoms with E-state index in [-0.39, 0.29) is 22.9 Å². The number of nitrogens with zero attached hydrogens (tertiary/aromatic N) is 3. The zero-order valence-corrected chi connectivity index (χ0v) is 29.7. The number of fused-ring (bicyclic) bond motifs is 6. The van der Waals surface area contributed by atoms with Crippen LogP contribution in [0.4, 0.5) is 5.69 Å². The van der Waals surface area contributed by atoms with Gasteiger partial charge in [0.15, 0.2) is 0 Å². The average molecular weight is 650 g/mol. The maximum absolute atomic E-state index is 14.2. The normalized spacial score (nSPS) is 40.4. The van der Waals surface area contributed by atoms with Crippen LogP contribution in [-0.2, 0) is 14.8 Å². The number of ketones is 1. The average Bonchev–Trinajstić information content (AvgIpc) is 3.32. The quantitative estimate of drug-likeness (QED) is 0.408. The fourth-order valence-electron chi connectivity index (χ4n) is 11.3. The van der Waals surface area contributed by atoms with E-state index in [1.54, 1.807) is 10.4 Å². The van der Waals surface area contributed by atoms with Crippen molar-refractivity contribution in [2.75, 3.05) is 38.6 Å². The molecular weight excluding hydrogens is 595 g/mol. The van der Waals surface area contributed by atoms with Gasteiger partial charge in [-0.2, -0.15) is 4.31 Å². The van der Waals surface area contributed by atoms with Crippen molar-refractivity contribution >= 4 is 32.3 Å². The van der Waals surface area contributed by atoms with Gasteiger partial charge in [-0.1, -0.05) is 38.1 Å². The van der Waals surface area contributed by atoms with Crippen LogP contribution < -0.4 is 4.90 Å². The first-order chi connectivity index (χ1) is 21.7. The van der Waals surface area contributed by atoms with Crippen LogP contribution in [0.5, 0.6) is 0 Å². The van der Waals surface area contributed by atoms with Crippen LogP contribution in [0.2, 0.25) is 0 Å². The molecule has 0 spiro atoms. The van der Waals surface area contributed by atoms with E-state index in [1.165, 1.54) is 6.42 Å². The first kappa shape index (κ1) is 32.5. The number of Topliss-reactive ketones (excluding diaryl/α,β-unsaturated/α-hetero) is 1. The van der Waals surface area contributed by atoms with Gasteiger partial charge in [0.1, 0.15) is 5.78 Å². The lowest BCUT2D eigenvalue weighted by atomic mass is 9.44. The highest BCUT2D eigenvalue weighted by Crippen LogP contribution is 2.66. The van der Waals surface area contributed by atoms with Crippen molar-refractivity contribution in [2.45, 2.75) is 108 Å². The summed E-state index contributed by atoms with van der Waals surface area (Å²) in [7, 11) is 0.231. The minimum atomic E-state index is -3.73. The number of carbonyl (C=O) groups excluding carboxylic acids is 1. The molecular formula is C38H55N3O4S. The molecule has 0 amide bonds. The highest BCUT2D eigenvalue weighted by Gasteiger charge is 2.61. The topological polar surface area (TPSA) is 81.2 Å². The fraction of sp³-hybridized carbons (Fsp3) is 0.711. The number of anilines is 1. The van der Waals surface area contributed by atoms with E-state index in [0.717, 1.165) is 67.8 Å². The van der Waals surface area contributed by atoms with Crippen LogP contribution in [0.15, 0.2) is 41.3 Å². The Morgan fingerprint density at radius 1 is 0.891 bits per heavy atom. The van der Waals surface area contributed by atoms with Crippen LogP contribution in [0.1, 0.15) is 85.5 Å². The molecule has 1 heterocycles. The summed E-state index contributed by atoms with van der Waals surface area (Å²) < 4.78 is 30.2. The second-order valence-corrected chi connectivity index (χ2v) is 18.6. The lowest BCUT2D eigenvalue weighted by molar-refractivity contribution is -0.159. The Morgan fingerprint density at radius 3 is 2.39 bits per heavy atom. The second-order valence-electron chi connectivity index (χ2n) is 16.7. The SMILES string of the molecule is C[C@@H]1CN(S(=O)(=O)c2cccc3c(N(C)C)cccc23)[C@@H](C)CN1C[C@@]1(O)CC[C@@]2(C)[C@@H](CC[C@@H]3[C@@H]2CC[C@]2(C)C(=O)CC[C@@H]32)C1. The lowest BCUT2D eigenvalue weighted by Crippen LogP contribution is -2.62. The van der Waals surface area contributed by atoms with Crippen LogP contribution >= 0.6 is 0 Å². The van der Waals surface area contributed by atoms with Crippen molar-refractivity contribution in [2.24, 2.45) is 34.5 Å². The van der Waals surface area contributed by atoms with Gasteiger partial charge in [0, 0.05) is 74.1 Å². The third-order valence-electron chi connectivity index (χ3n) is 14.0. The van der Waals surface area contributed by atoms with E-state index >= 15 is 0 Å². The number of carbonyl (C=O) groups is 1. The molecule has 9 atom stereocenters. The molecule has 46 heavy (non-hydrogen) atoms. The standard InChI is InChI=1S/C38H55N3O4S/c1-25-23-41(46(44,45)34-12-8-9-28-29(34)10-7-11-33(28)39(5)6)26(2)22-40(25)24-38(43)20-19-36(3)27(21-38)13-14-30-31-15-16-35(42)37(31,4)18-17-32(30)36/h7-12,25-27,30-32,43H,13-24H2,1-6H3/t25-,26+,27+,30+,31+,32+,36+,37+,38-/m1/s1. The summed E-state index contributed by atoms with van der Waals surface area (Å²) in [5.74, 6) is 2.88. The number of hydrogen-bond acceptors (Lipinski definition) is 6. The van der Waals surface area contributed by atoms with Crippen LogP contribution in [0.25, 0.3) is 10.8 Å². The zero-order chi connectivity index (χ0) is 32.8. The van der Waals surface area contributed by atoms with Gasteiger partial charge in [0.05, 0.1) is 10.5 Å². The minimum absolute atomic E-state index is 0.00212. The summed E-state index contributed by atoms with van der Waals surface area (Å²) in [6.07, 6.45) is 9.08. The fourth-order valence-corrected chi connectivity index (χ4v) is 13.3. The van der Waals surface area contributed by atoms with Crippen LogP contribution in [0.3, 0.4) is 0 Å². The molecule has 4 aliphatic carbocycles. The molecule has 1 saturated heterocycles. The van der Waals surface area contributed by atoms with E-state index in [2.05, 4.69) is 25.7 Å². The third kappa shape index (κ3) is 4.99. The summed E-state index contributed by atoms with van der Waals surface area (Å²) in [6, 6.07) is 11.3. The molecule has 7 nitrogen and oxygen atoms in total. The highest BCUT2D eigenvalue weighted by atomic mass is 32.2. The zero-order valence-electron chi connectivity index (χ0n) is 28.8. The Morgan fingerprint density at radius 2 is 1.63 bits per heavy atom. The number of aliphatic hydroxyl groups is 1. The first-order valence-electron chi connectivity index (χ1n) is 17.9. The lowest BCUT2D eigenvalue weighted by Gasteiger charge is -2.61. The molecule has 5 fully saturated rings. The molecule has 0 aromatic heterocycles. The van der Waals surface area contributed by atoms with Gasteiger partial charge in [0.25, 0.3) is 0 Å². The van der Waals surface area contributed by atoms with Gasteiger partial charge in [-0.15, -0.1) is 0 Å². The smallest absolute Gasteiger partial charge is 0.244 e. The Balaban J connectivity index is 1.05. The van der Waals surface area contributed by atoms with E-state index in [9.17, 15) is 18.3 Å². The van der Waals surface area contributed by atoms with Crippen molar-refractivity contribution in [1.29, 1.82) is 0 Å². The molecule has 4 saturated carbocycles. The molecule has 7 rings (SSSR count). The van der Waals surface area contributed by atoms with Gasteiger partial charge >= 0.3 is 0 Å². The Kier molecular flexibility index (Phi) is 7.98. The summed E-state index contributed by atoms with van der Waals surface area (Å²) in [4.78, 5) is 17.6. The number of benzene rings is 2. The predicted octanol–water partition coefficient (Wildman–Crippen LogP) is 6.33. The van der Waals surface area contributed by atoms with E-state index in [4.69, 9.17) is 0 Å². The molecule has 0 bridgehead atoms. The van der Waals surface area contributed by atoms with Crippen LogP contribution in [-0.4, -0.2) is 79.9 Å². The maximum atomic E-state index is 14.2. The van der Waals surface area contributed by atoms with Gasteiger partial charge in [0.2, 0.25) is 10.0 Å². The predicted molar refractivity (Wildman–Crippen MR) is 184 cm³/mol. The monoisotopic (exact) mass is 649 g/mol. The second kappa shape index (κ2) is 11.3. The maximum Gasteiger partial charge on any atom is 0.244 e. The Labute approximate surface area is 276 Å². The molecule has 0 radical (unpaired) electrons. The summed E-state index contributed by atoms with van der Waals surface area (Å²) in [6.45, 7) is 10.5. The Hall–Kier alpha value is -2.00. The van der Waals surface area contributed by atoms with Crippen molar-refractivity contribution in [3.05, 3.63) is 36.4 Å². The van der Waals surface area contributed by atoms with Crippen molar-refractivity contribution in [1.82, 2.24) is 9.21 Å². The van der Waals surface area contributed by atoms with Gasteiger partial charge in [-0.05, 0) is 106 Å². The molecule has 5 aliphatic rings. The number of β-amino-alcohol motifs (C(OH)–C–C–N with tert-alkyl or cyclic N) is 1. The Bertz CT molecular complexity index is 1630. The molecule has 2 aromatic carbocycles. The third-order valence-corrected chi connectivity index (χ3v) is 16.1. The number of hydrogen-bond donors (Lipinski definition) is 1. The van der Waals surface area contributed by atoms with Gasteiger partial charge in [-0.3, -0.25) is 9.69 Å². The van der Waals surface area contributed by atoms with Crippen molar-refractivity contribution < 1.29 is 18.3 Å². The van der Waals surface area contributed by atoms with Gasteiger partial charge in [-0.25, -0.2) is 8.42 Å². The largest absolute Gasteiger partial charge is 0.389 e. The van der Waals surface area contributed by atoms with Crippen molar-refractivity contribution in [3.8, 4) is 0 Å². The summed E-state index contributed by atoms with van der Waals surface area (Å²) >= 11 is 0. The molecule has 252 valence electrons. The van der Waals surface area contributed by atoms with Gasteiger partial charge < -0.3 is 10.0 Å². The highest BCUT2D eigenvalue weighted by molar-refractivity contribution is 7.89. The first-order valence-corrected chi connectivity index (χ1v) is 19.3. The summed E-state index contributed by atoms with van der Waals surface area (Å²) in [5, 5.41) is 13.9. The summed E-state index contributed by atoms with van der Waals surface area (Å²) in [5.41, 5.74) is 0.391. The minimum Gasteiger partial charge on any atom is -0.389 e. The van der Waals surface area contributed by atoms with E-state index in [1.807, 2.05) is 56.3 Å². The van der Waals surface area contributed by atoms with Crippen LogP contribution in [0, 0.1) is 34.5 Å². The molecule has 1 aliphatic heterocycles. The van der Waals surface area contributed by atoms with Crippen molar-refractivity contribution in [3.63, 3.8) is 0 Å². The van der Waals surface area contributed by atoms with E-state index in [0.29, 0.717) is 54.0 Å². The van der Waals surface area contributed by atoms with E-state index < -0.39 is 15.6 Å². The molecule has 8 heteroatoms. The molecule has 1 N–H and O–H groups in total. The number of rotatable bonds is 5. The number of sulfonamides is 1. The number of piperazine rings is 1. The molecule has 2 aromatic rings.